The predicted octanol–water partition coefficient (Wildman–Crippen LogP) is 1.59. The Morgan fingerprint density at radius 3 is 3.09 bits per heavy atom. The van der Waals surface area contributed by atoms with Gasteiger partial charge in [0.2, 0.25) is 0 Å². The highest BCUT2D eigenvalue weighted by molar-refractivity contribution is 4.89. The van der Waals surface area contributed by atoms with Gasteiger partial charge in [-0.1, -0.05) is 0 Å². The van der Waals surface area contributed by atoms with E-state index in [0.717, 1.165) is 19.1 Å². The molecule has 3 atom stereocenters. The molecule has 2 fully saturated rings. The van der Waals surface area contributed by atoms with Crippen molar-refractivity contribution in [1.82, 2.24) is 0 Å². The molecule has 2 rings (SSSR count). The zero-order chi connectivity index (χ0) is 7.68. The molecule has 0 amide bonds. The highest BCUT2D eigenvalue weighted by Gasteiger charge is 2.40. The molecule has 0 aromatic rings. The second-order valence-corrected chi connectivity index (χ2v) is 3.43. The van der Waals surface area contributed by atoms with Gasteiger partial charge in [0.05, 0.1) is 12.2 Å². The van der Waals surface area contributed by atoms with Crippen LogP contribution in [0.5, 0.6) is 0 Å². The van der Waals surface area contributed by atoms with Crippen LogP contribution in [0.4, 0.5) is 0 Å². The minimum atomic E-state index is 0.507. The molecule has 0 spiro atoms. The van der Waals surface area contributed by atoms with Crippen LogP contribution in [0.2, 0.25) is 0 Å². The van der Waals surface area contributed by atoms with Crippen molar-refractivity contribution in [2.75, 3.05) is 13.2 Å². The first kappa shape index (κ1) is 7.56. The van der Waals surface area contributed by atoms with E-state index < -0.39 is 0 Å². The van der Waals surface area contributed by atoms with Crippen molar-refractivity contribution in [3.8, 4) is 0 Å². The molecule has 1 saturated carbocycles. The van der Waals surface area contributed by atoms with Gasteiger partial charge < -0.3 is 9.47 Å². The average Bonchev–Trinajstić information content (AvgIpc) is 2.53. The summed E-state index contributed by atoms with van der Waals surface area (Å²) < 4.78 is 11.2. The summed E-state index contributed by atoms with van der Waals surface area (Å²) in [5.74, 6) is 0.718. The van der Waals surface area contributed by atoms with Crippen LogP contribution in [0.1, 0.15) is 26.2 Å². The molecule has 0 radical (unpaired) electrons. The third kappa shape index (κ3) is 1.30. The Kier molecular flexibility index (Phi) is 2.14. The van der Waals surface area contributed by atoms with E-state index in [4.69, 9.17) is 9.47 Å². The van der Waals surface area contributed by atoms with Crippen molar-refractivity contribution < 1.29 is 9.47 Å². The second kappa shape index (κ2) is 3.11. The Morgan fingerprint density at radius 2 is 2.27 bits per heavy atom. The van der Waals surface area contributed by atoms with Gasteiger partial charge >= 0.3 is 0 Å². The third-order valence-corrected chi connectivity index (χ3v) is 2.85. The van der Waals surface area contributed by atoms with Gasteiger partial charge in [-0.15, -0.1) is 0 Å². The normalized spacial score (nSPS) is 42.8. The van der Waals surface area contributed by atoms with E-state index in [1.807, 2.05) is 0 Å². The van der Waals surface area contributed by atoms with E-state index in [1.54, 1.807) is 0 Å². The molecule has 0 N–H and O–H groups in total. The van der Waals surface area contributed by atoms with Crippen LogP contribution in [0.25, 0.3) is 0 Å². The Morgan fingerprint density at radius 1 is 1.36 bits per heavy atom. The quantitative estimate of drug-likeness (QED) is 0.604. The standard InChI is InChI=1S/C9H16O2/c1-2-10-8-3-4-9-7(8)5-6-11-9/h7-9H,2-6H2,1H3. The monoisotopic (exact) mass is 156 g/mol. The number of fused-ring (bicyclic) bond motifs is 1. The van der Waals surface area contributed by atoms with E-state index in [9.17, 15) is 0 Å². The van der Waals surface area contributed by atoms with Gasteiger partial charge in [-0.05, 0) is 26.2 Å². The highest BCUT2D eigenvalue weighted by Crippen LogP contribution is 2.37. The maximum atomic E-state index is 5.64. The van der Waals surface area contributed by atoms with E-state index in [-0.39, 0.29) is 0 Å². The van der Waals surface area contributed by atoms with Crippen LogP contribution in [-0.4, -0.2) is 25.4 Å². The summed E-state index contributed by atoms with van der Waals surface area (Å²) in [6.45, 7) is 3.88. The predicted molar refractivity (Wildman–Crippen MR) is 42.5 cm³/mol. The van der Waals surface area contributed by atoms with Crippen LogP contribution in [-0.2, 0) is 9.47 Å². The summed E-state index contributed by atoms with van der Waals surface area (Å²) >= 11 is 0. The van der Waals surface area contributed by atoms with Crippen molar-refractivity contribution in [3.05, 3.63) is 0 Å². The molecule has 64 valence electrons. The lowest BCUT2D eigenvalue weighted by atomic mass is 10.0. The first-order chi connectivity index (χ1) is 5.42. The zero-order valence-electron chi connectivity index (χ0n) is 7.08. The van der Waals surface area contributed by atoms with E-state index in [2.05, 4.69) is 6.92 Å². The number of hydrogen-bond donors (Lipinski definition) is 0. The van der Waals surface area contributed by atoms with E-state index in [1.165, 1.54) is 19.3 Å². The van der Waals surface area contributed by atoms with Crippen molar-refractivity contribution in [3.63, 3.8) is 0 Å². The molecule has 3 unspecified atom stereocenters. The summed E-state index contributed by atoms with van der Waals surface area (Å²) in [7, 11) is 0. The maximum absolute atomic E-state index is 5.64. The fraction of sp³-hybridized carbons (Fsp3) is 1.00. The molecule has 2 nitrogen and oxygen atoms in total. The minimum absolute atomic E-state index is 0.507. The Balaban J connectivity index is 1.92. The lowest BCUT2D eigenvalue weighted by molar-refractivity contribution is 0.0271. The van der Waals surface area contributed by atoms with Gasteiger partial charge in [0.1, 0.15) is 0 Å². The Bertz CT molecular complexity index is 134. The van der Waals surface area contributed by atoms with Crippen molar-refractivity contribution >= 4 is 0 Å². The summed E-state index contributed by atoms with van der Waals surface area (Å²) in [5, 5.41) is 0. The summed E-state index contributed by atoms with van der Waals surface area (Å²) in [6, 6.07) is 0. The molecule has 11 heavy (non-hydrogen) atoms. The van der Waals surface area contributed by atoms with E-state index >= 15 is 0 Å². The molecule has 1 aliphatic heterocycles. The first-order valence-corrected chi connectivity index (χ1v) is 4.65. The van der Waals surface area contributed by atoms with Crippen LogP contribution in [0.15, 0.2) is 0 Å². The molecule has 1 saturated heterocycles. The van der Waals surface area contributed by atoms with Gasteiger partial charge in [0.15, 0.2) is 0 Å². The Hall–Kier alpha value is -0.0800. The number of rotatable bonds is 2. The Labute approximate surface area is 67.9 Å². The minimum Gasteiger partial charge on any atom is -0.378 e. The van der Waals surface area contributed by atoms with Crippen LogP contribution >= 0.6 is 0 Å². The van der Waals surface area contributed by atoms with Crippen molar-refractivity contribution in [2.45, 2.75) is 38.4 Å². The molecule has 1 heterocycles. The maximum Gasteiger partial charge on any atom is 0.0629 e. The van der Waals surface area contributed by atoms with E-state index in [0.29, 0.717) is 12.2 Å². The molecule has 0 bridgehead atoms. The lowest BCUT2D eigenvalue weighted by Crippen LogP contribution is -2.21. The summed E-state index contributed by atoms with van der Waals surface area (Å²) in [5.41, 5.74) is 0. The average molecular weight is 156 g/mol. The molecular formula is C9H16O2. The first-order valence-electron chi connectivity index (χ1n) is 4.65. The second-order valence-electron chi connectivity index (χ2n) is 3.43. The summed E-state index contributed by atoms with van der Waals surface area (Å²) in [4.78, 5) is 0. The SMILES string of the molecule is CCOC1CCC2OCCC12. The lowest BCUT2D eigenvalue weighted by Gasteiger charge is -2.16. The molecule has 2 aliphatic rings. The fourth-order valence-electron chi connectivity index (χ4n) is 2.35. The van der Waals surface area contributed by atoms with Crippen LogP contribution in [0, 0.1) is 5.92 Å². The third-order valence-electron chi connectivity index (χ3n) is 2.85. The fourth-order valence-corrected chi connectivity index (χ4v) is 2.35. The van der Waals surface area contributed by atoms with Crippen LogP contribution in [0.3, 0.4) is 0 Å². The van der Waals surface area contributed by atoms with Gasteiger partial charge in [-0.25, -0.2) is 0 Å². The molecule has 0 aromatic carbocycles. The van der Waals surface area contributed by atoms with Crippen molar-refractivity contribution in [2.24, 2.45) is 5.92 Å². The van der Waals surface area contributed by atoms with Gasteiger partial charge in [-0.2, -0.15) is 0 Å². The van der Waals surface area contributed by atoms with Gasteiger partial charge in [-0.3, -0.25) is 0 Å². The van der Waals surface area contributed by atoms with Crippen molar-refractivity contribution in [1.29, 1.82) is 0 Å². The number of ether oxygens (including phenoxy) is 2. The van der Waals surface area contributed by atoms with Crippen LogP contribution < -0.4 is 0 Å². The van der Waals surface area contributed by atoms with Gasteiger partial charge in [0, 0.05) is 19.1 Å². The summed E-state index contributed by atoms with van der Waals surface area (Å²) in [6.07, 6.45) is 4.69. The van der Waals surface area contributed by atoms with Gasteiger partial charge in [0.25, 0.3) is 0 Å². The smallest absolute Gasteiger partial charge is 0.0629 e. The molecule has 2 heteroatoms. The molecule has 1 aliphatic carbocycles. The number of hydrogen-bond acceptors (Lipinski definition) is 2. The molecule has 0 aromatic heterocycles. The zero-order valence-corrected chi connectivity index (χ0v) is 7.08. The topological polar surface area (TPSA) is 18.5 Å². The highest BCUT2D eigenvalue weighted by atomic mass is 16.5. The molecular weight excluding hydrogens is 140 g/mol. The largest absolute Gasteiger partial charge is 0.378 e.